The molecular formula is C13H18N2O2S. The fourth-order valence-corrected chi connectivity index (χ4v) is 2.92. The van der Waals surface area contributed by atoms with Crippen LogP contribution in [0.25, 0.3) is 0 Å². The van der Waals surface area contributed by atoms with Crippen LogP contribution in [0.5, 0.6) is 0 Å². The minimum Gasteiger partial charge on any atom is -0.461 e. The number of nitrogens with zero attached hydrogens (tertiary/aromatic N) is 2. The van der Waals surface area contributed by atoms with Gasteiger partial charge in [0, 0.05) is 18.0 Å². The Bertz CT molecular complexity index is 438. The summed E-state index contributed by atoms with van der Waals surface area (Å²) >= 11 is 1.56. The number of aromatic nitrogens is 1. The monoisotopic (exact) mass is 266 g/mol. The highest BCUT2D eigenvalue weighted by Crippen LogP contribution is 2.38. The number of anilines is 1. The fraction of sp³-hybridized carbons (Fsp3) is 0.692. The van der Waals surface area contributed by atoms with Crippen molar-refractivity contribution in [3.05, 3.63) is 11.1 Å². The first kappa shape index (κ1) is 12.0. The van der Waals surface area contributed by atoms with E-state index in [0.717, 1.165) is 17.6 Å². The molecule has 1 aromatic heterocycles. The fourth-order valence-electron chi connectivity index (χ4n) is 2.04. The molecule has 0 saturated heterocycles. The lowest BCUT2D eigenvalue weighted by molar-refractivity contribution is 0.0520. The van der Waals surface area contributed by atoms with Crippen molar-refractivity contribution < 1.29 is 9.53 Å². The maximum absolute atomic E-state index is 11.6. The van der Waals surface area contributed by atoms with Crippen molar-refractivity contribution in [2.45, 2.75) is 38.6 Å². The van der Waals surface area contributed by atoms with Gasteiger partial charge >= 0.3 is 5.97 Å². The Hall–Kier alpha value is -1.10. The Kier molecular flexibility index (Phi) is 3.24. The molecule has 18 heavy (non-hydrogen) atoms. The first-order valence-corrected chi connectivity index (χ1v) is 7.55. The summed E-state index contributed by atoms with van der Waals surface area (Å²) in [5.74, 6) is 0.544. The van der Waals surface area contributed by atoms with Crippen LogP contribution in [-0.2, 0) is 4.74 Å². The van der Waals surface area contributed by atoms with Crippen LogP contribution in [0, 0.1) is 5.92 Å². The number of thiazole rings is 1. The van der Waals surface area contributed by atoms with Crippen LogP contribution in [0.2, 0.25) is 0 Å². The van der Waals surface area contributed by atoms with E-state index in [1.54, 1.807) is 11.3 Å². The second-order valence-electron chi connectivity index (χ2n) is 5.06. The summed E-state index contributed by atoms with van der Waals surface area (Å²) in [5.41, 5.74) is 0.457. The Morgan fingerprint density at radius 1 is 1.50 bits per heavy atom. The van der Waals surface area contributed by atoms with E-state index in [-0.39, 0.29) is 5.97 Å². The maximum Gasteiger partial charge on any atom is 0.357 e. The number of esters is 1. The molecule has 0 aliphatic heterocycles. The van der Waals surface area contributed by atoms with Crippen molar-refractivity contribution in [2.75, 3.05) is 18.1 Å². The van der Waals surface area contributed by atoms with E-state index >= 15 is 0 Å². The van der Waals surface area contributed by atoms with Gasteiger partial charge in [-0.05, 0) is 38.5 Å². The Morgan fingerprint density at radius 2 is 2.28 bits per heavy atom. The third-order valence-corrected chi connectivity index (χ3v) is 4.24. The predicted molar refractivity (Wildman–Crippen MR) is 71.2 cm³/mol. The van der Waals surface area contributed by atoms with E-state index in [4.69, 9.17) is 4.74 Å². The molecule has 2 saturated carbocycles. The van der Waals surface area contributed by atoms with Crippen LogP contribution in [0.3, 0.4) is 0 Å². The van der Waals surface area contributed by atoms with Crippen LogP contribution in [-0.4, -0.2) is 30.1 Å². The zero-order chi connectivity index (χ0) is 12.5. The smallest absolute Gasteiger partial charge is 0.357 e. The van der Waals surface area contributed by atoms with E-state index in [1.165, 1.54) is 25.7 Å². The summed E-state index contributed by atoms with van der Waals surface area (Å²) in [5, 5.41) is 2.81. The molecule has 0 atom stereocenters. The highest BCUT2D eigenvalue weighted by molar-refractivity contribution is 7.13. The summed E-state index contributed by atoms with van der Waals surface area (Å²) in [7, 11) is 0. The molecule has 0 amide bonds. The number of carbonyl (C=O) groups is 1. The number of carbonyl (C=O) groups excluding carboxylic acids is 1. The molecule has 0 radical (unpaired) electrons. The lowest BCUT2D eigenvalue weighted by Crippen LogP contribution is -2.28. The minimum atomic E-state index is -0.304. The molecule has 2 fully saturated rings. The molecular weight excluding hydrogens is 248 g/mol. The van der Waals surface area contributed by atoms with Crippen molar-refractivity contribution in [3.63, 3.8) is 0 Å². The highest BCUT2D eigenvalue weighted by Gasteiger charge is 2.35. The molecule has 3 rings (SSSR count). The molecule has 98 valence electrons. The number of hydrogen-bond donors (Lipinski definition) is 0. The summed E-state index contributed by atoms with van der Waals surface area (Å²) < 4.78 is 4.98. The van der Waals surface area contributed by atoms with Gasteiger partial charge in [-0.2, -0.15) is 0 Å². The van der Waals surface area contributed by atoms with Crippen molar-refractivity contribution in [2.24, 2.45) is 5.92 Å². The lowest BCUT2D eigenvalue weighted by Gasteiger charge is -2.20. The second-order valence-corrected chi connectivity index (χ2v) is 5.90. The van der Waals surface area contributed by atoms with Crippen LogP contribution in [0.1, 0.15) is 43.1 Å². The van der Waals surface area contributed by atoms with Crippen molar-refractivity contribution >= 4 is 22.4 Å². The van der Waals surface area contributed by atoms with E-state index in [9.17, 15) is 4.79 Å². The van der Waals surface area contributed by atoms with Gasteiger partial charge in [0.1, 0.15) is 0 Å². The molecule has 2 aliphatic rings. The Balaban J connectivity index is 1.71. The van der Waals surface area contributed by atoms with Crippen LogP contribution < -0.4 is 4.90 Å². The summed E-state index contributed by atoms with van der Waals surface area (Å²) in [6.45, 7) is 3.33. The van der Waals surface area contributed by atoms with Gasteiger partial charge in [0.05, 0.1) is 6.61 Å². The first-order chi connectivity index (χ1) is 8.78. The molecule has 5 heteroatoms. The van der Waals surface area contributed by atoms with Gasteiger partial charge in [-0.3, -0.25) is 0 Å². The molecule has 1 aromatic rings. The Labute approximate surface area is 111 Å². The zero-order valence-electron chi connectivity index (χ0n) is 10.6. The van der Waals surface area contributed by atoms with Gasteiger partial charge in [0.2, 0.25) is 0 Å². The molecule has 0 spiro atoms. The van der Waals surface area contributed by atoms with Crippen molar-refractivity contribution in [1.82, 2.24) is 4.98 Å². The van der Waals surface area contributed by atoms with E-state index in [1.807, 2.05) is 12.3 Å². The van der Waals surface area contributed by atoms with Crippen LogP contribution in [0.15, 0.2) is 5.38 Å². The molecule has 0 N–H and O–H groups in total. The predicted octanol–water partition coefficient (Wildman–Crippen LogP) is 2.70. The quantitative estimate of drug-likeness (QED) is 0.742. The number of rotatable bonds is 6. The van der Waals surface area contributed by atoms with Gasteiger partial charge < -0.3 is 9.64 Å². The number of hydrogen-bond acceptors (Lipinski definition) is 5. The van der Waals surface area contributed by atoms with Gasteiger partial charge in [0.15, 0.2) is 10.8 Å². The average molecular weight is 266 g/mol. The summed E-state index contributed by atoms with van der Waals surface area (Å²) in [4.78, 5) is 18.4. The molecule has 0 bridgehead atoms. The zero-order valence-corrected chi connectivity index (χ0v) is 11.4. The second kappa shape index (κ2) is 4.88. The van der Waals surface area contributed by atoms with E-state index < -0.39 is 0 Å². The SMILES string of the molecule is CCOC(=O)c1csc(N(CC2CC2)C2CC2)n1. The topological polar surface area (TPSA) is 42.4 Å². The third-order valence-electron chi connectivity index (χ3n) is 3.36. The van der Waals surface area contributed by atoms with Gasteiger partial charge in [0.25, 0.3) is 0 Å². The van der Waals surface area contributed by atoms with Gasteiger partial charge in [-0.1, -0.05) is 0 Å². The lowest BCUT2D eigenvalue weighted by atomic mass is 10.4. The average Bonchev–Trinajstić information content (AvgIpc) is 3.26. The first-order valence-electron chi connectivity index (χ1n) is 6.67. The van der Waals surface area contributed by atoms with Gasteiger partial charge in [-0.25, -0.2) is 9.78 Å². The molecule has 0 unspecified atom stereocenters. The largest absolute Gasteiger partial charge is 0.461 e. The van der Waals surface area contributed by atoms with E-state index in [2.05, 4.69) is 9.88 Å². The standard InChI is InChI=1S/C13H18N2O2S/c1-2-17-12(16)11-8-18-13(14-11)15(10-5-6-10)7-9-3-4-9/h8-10H,2-7H2,1H3. The molecule has 0 aromatic carbocycles. The van der Waals surface area contributed by atoms with Crippen molar-refractivity contribution in [1.29, 1.82) is 0 Å². The highest BCUT2D eigenvalue weighted by atomic mass is 32.1. The normalized spacial score (nSPS) is 18.7. The van der Waals surface area contributed by atoms with Gasteiger partial charge in [-0.15, -0.1) is 11.3 Å². The van der Waals surface area contributed by atoms with E-state index in [0.29, 0.717) is 18.3 Å². The summed E-state index contributed by atoms with van der Waals surface area (Å²) in [6, 6.07) is 0.659. The van der Waals surface area contributed by atoms with Crippen LogP contribution >= 0.6 is 11.3 Å². The molecule has 1 heterocycles. The summed E-state index contributed by atoms with van der Waals surface area (Å²) in [6.07, 6.45) is 5.22. The minimum absolute atomic E-state index is 0.304. The van der Waals surface area contributed by atoms with Crippen molar-refractivity contribution in [3.8, 4) is 0 Å². The molecule has 4 nitrogen and oxygen atoms in total. The third kappa shape index (κ3) is 2.66. The Morgan fingerprint density at radius 3 is 2.89 bits per heavy atom. The maximum atomic E-state index is 11.6. The molecule has 2 aliphatic carbocycles. The number of ether oxygens (including phenoxy) is 1. The van der Waals surface area contributed by atoms with Crippen LogP contribution in [0.4, 0.5) is 5.13 Å².